The summed E-state index contributed by atoms with van der Waals surface area (Å²) in [7, 11) is 0. The lowest BCUT2D eigenvalue weighted by atomic mass is 10.1. The van der Waals surface area contributed by atoms with E-state index in [-0.39, 0.29) is 21.5 Å². The fraction of sp³-hybridized carbons (Fsp3) is 0.333. The van der Waals surface area contributed by atoms with Crippen LogP contribution >= 0.6 is 23.2 Å². The molecule has 0 saturated carbocycles. The lowest BCUT2D eigenvalue weighted by Gasteiger charge is -2.30. The summed E-state index contributed by atoms with van der Waals surface area (Å²) in [6, 6.07) is 2.44. The first-order valence-electron chi connectivity index (χ1n) is 10.7. The molecular formula is C24H28Cl2N4O3. The summed E-state index contributed by atoms with van der Waals surface area (Å²) in [6.07, 6.45) is 6.06. The van der Waals surface area contributed by atoms with E-state index >= 15 is 0 Å². The van der Waals surface area contributed by atoms with Crippen LogP contribution in [0.25, 0.3) is 0 Å². The molecule has 1 aromatic carbocycles. The number of benzene rings is 1. The monoisotopic (exact) mass is 490 g/mol. The van der Waals surface area contributed by atoms with Crippen molar-refractivity contribution in [2.75, 3.05) is 5.01 Å². The van der Waals surface area contributed by atoms with Crippen molar-refractivity contribution in [3.63, 3.8) is 0 Å². The Bertz CT molecular complexity index is 1080. The largest absolute Gasteiger partial charge is 0.452 e. The number of amides is 3. The molecule has 2 heterocycles. The number of ether oxygens (including phenoxy) is 1. The number of fused-ring (bicyclic) bond motifs is 1. The summed E-state index contributed by atoms with van der Waals surface area (Å²) in [5.74, 6) is 6.34. The summed E-state index contributed by atoms with van der Waals surface area (Å²) in [5.41, 5.74) is 3.48. The Labute approximate surface area is 204 Å². The molecule has 0 radical (unpaired) electrons. The quantitative estimate of drug-likeness (QED) is 0.235. The van der Waals surface area contributed by atoms with Crippen LogP contribution in [0.15, 0.2) is 59.2 Å². The molecule has 3 N–H and O–H groups in total. The van der Waals surface area contributed by atoms with Crippen LogP contribution < -0.4 is 20.9 Å². The predicted octanol–water partition coefficient (Wildman–Crippen LogP) is 5.81. The third kappa shape index (κ3) is 5.11. The zero-order valence-corrected chi connectivity index (χ0v) is 20.7. The number of carbonyl (C=O) groups is 2. The molecule has 2 aliphatic rings. The average molecular weight is 491 g/mol. The molecule has 1 atom stereocenters. The number of hydrazine groups is 1. The second kappa shape index (κ2) is 10.0. The minimum absolute atomic E-state index is 0.175. The lowest BCUT2D eigenvalue weighted by molar-refractivity contribution is -0.116. The Hall–Kier alpha value is -2.74. The van der Waals surface area contributed by atoms with Gasteiger partial charge in [-0.25, -0.2) is 15.6 Å². The molecule has 1 saturated heterocycles. The Balaban J connectivity index is 1.81. The van der Waals surface area contributed by atoms with Gasteiger partial charge in [-0.1, -0.05) is 42.3 Å². The van der Waals surface area contributed by atoms with E-state index in [1.807, 2.05) is 19.1 Å². The van der Waals surface area contributed by atoms with E-state index in [2.05, 4.69) is 23.7 Å². The fourth-order valence-electron chi connectivity index (χ4n) is 3.99. The zero-order chi connectivity index (χ0) is 24.4. The third-order valence-electron chi connectivity index (χ3n) is 5.70. The number of rotatable bonds is 5. The van der Waals surface area contributed by atoms with E-state index in [0.717, 1.165) is 34.8 Å². The normalized spacial score (nSPS) is 17.1. The zero-order valence-electron chi connectivity index (χ0n) is 19.2. The second-order valence-electron chi connectivity index (χ2n) is 8.20. The summed E-state index contributed by atoms with van der Waals surface area (Å²) >= 11 is 12.9. The average Bonchev–Trinajstić information content (AvgIpc) is 3.14. The van der Waals surface area contributed by atoms with E-state index < -0.39 is 11.9 Å². The van der Waals surface area contributed by atoms with Crippen LogP contribution in [0.5, 0.6) is 5.75 Å². The maximum absolute atomic E-state index is 12.5. The number of nitrogens with zero attached hydrogens (tertiary/aromatic N) is 2. The van der Waals surface area contributed by atoms with Gasteiger partial charge in [0.15, 0.2) is 5.75 Å². The molecule has 7 nitrogen and oxygen atoms in total. The molecule has 0 aliphatic carbocycles. The van der Waals surface area contributed by atoms with Gasteiger partial charge in [0, 0.05) is 17.3 Å². The topological polar surface area (TPSA) is 87.9 Å². The Kier molecular flexibility index (Phi) is 7.57. The number of urea groups is 1. The molecule has 33 heavy (non-hydrogen) atoms. The molecule has 0 bridgehead atoms. The first-order valence-corrected chi connectivity index (χ1v) is 11.4. The van der Waals surface area contributed by atoms with E-state index in [9.17, 15) is 9.59 Å². The van der Waals surface area contributed by atoms with Crippen LogP contribution in [0.1, 0.15) is 47.0 Å². The highest BCUT2D eigenvalue weighted by Gasteiger charge is 2.31. The van der Waals surface area contributed by atoms with Crippen LogP contribution in [0.4, 0.5) is 10.5 Å². The summed E-state index contributed by atoms with van der Waals surface area (Å²) in [4.78, 5) is 27.0. The van der Waals surface area contributed by atoms with Gasteiger partial charge < -0.3 is 9.64 Å². The van der Waals surface area contributed by atoms with E-state index in [4.69, 9.17) is 33.8 Å². The highest BCUT2D eigenvalue weighted by molar-refractivity contribution is 6.37. The maximum atomic E-state index is 12.5. The number of carbonyl (C=O) groups excluding carboxylic acids is 2. The minimum Gasteiger partial charge on any atom is -0.452 e. The number of anilines is 1. The smallest absolute Gasteiger partial charge is 0.343 e. The van der Waals surface area contributed by atoms with Crippen LogP contribution in [0.3, 0.4) is 0 Å². The standard InChI is InChI=1S/C24H28Cl2N4O3/c1-6-17(13(2)3)23(31)28-24(32)30(27)16-11-18(25)22(19(26)12-16)33-21-10-8-15(5)29-14(4)7-9-20(21)29/h8,10-12,14H,5-7,9,27H2,1-4H3,(H,28,31,32). The molecule has 176 valence electrons. The summed E-state index contributed by atoms with van der Waals surface area (Å²) in [5, 5.41) is 3.41. The first-order chi connectivity index (χ1) is 15.5. The van der Waals surface area contributed by atoms with E-state index in [0.29, 0.717) is 23.8 Å². The Morgan fingerprint density at radius 1 is 1.27 bits per heavy atom. The fourth-order valence-corrected chi connectivity index (χ4v) is 4.54. The van der Waals surface area contributed by atoms with Crippen LogP contribution in [0.2, 0.25) is 10.0 Å². The SMILES string of the molecule is C=C1C=CC(Oc2c(Cl)cc(N(N)C(=O)NC(=O)C(CC)=C(C)C)cc2Cl)=C2CCC(C)N12. The van der Waals surface area contributed by atoms with Gasteiger partial charge >= 0.3 is 6.03 Å². The van der Waals surface area contributed by atoms with Gasteiger partial charge in [0.1, 0.15) is 5.76 Å². The lowest BCUT2D eigenvalue weighted by Crippen LogP contribution is -2.47. The van der Waals surface area contributed by atoms with Gasteiger partial charge in [0.05, 0.1) is 21.4 Å². The van der Waals surface area contributed by atoms with Gasteiger partial charge in [-0.15, -0.1) is 0 Å². The number of halogens is 2. The van der Waals surface area contributed by atoms with Crippen molar-refractivity contribution in [2.24, 2.45) is 5.84 Å². The Morgan fingerprint density at radius 3 is 2.48 bits per heavy atom. The number of hydrogen-bond acceptors (Lipinski definition) is 5. The number of nitrogens with two attached hydrogens (primary N) is 1. The molecular weight excluding hydrogens is 463 g/mol. The van der Waals surface area contributed by atoms with Gasteiger partial charge in [0.2, 0.25) is 0 Å². The van der Waals surface area contributed by atoms with E-state index in [1.165, 1.54) is 12.1 Å². The molecule has 3 rings (SSSR count). The van der Waals surface area contributed by atoms with Gasteiger partial charge in [-0.2, -0.15) is 0 Å². The van der Waals surface area contributed by atoms with Gasteiger partial charge in [-0.3, -0.25) is 10.1 Å². The van der Waals surface area contributed by atoms with Crippen molar-refractivity contribution in [3.8, 4) is 5.75 Å². The molecule has 1 unspecified atom stereocenters. The molecule has 1 fully saturated rings. The number of allylic oxidation sites excluding steroid dienone is 4. The predicted molar refractivity (Wildman–Crippen MR) is 132 cm³/mol. The van der Waals surface area contributed by atoms with E-state index in [1.54, 1.807) is 13.8 Å². The first kappa shape index (κ1) is 24.9. The van der Waals surface area contributed by atoms with Crippen molar-refractivity contribution in [1.29, 1.82) is 0 Å². The van der Waals surface area contributed by atoms with Gasteiger partial charge in [-0.05, 0) is 64.3 Å². The number of nitrogens with one attached hydrogen (secondary N) is 1. The minimum atomic E-state index is -0.803. The maximum Gasteiger partial charge on any atom is 0.343 e. The number of imide groups is 1. The Morgan fingerprint density at radius 2 is 1.91 bits per heavy atom. The van der Waals surface area contributed by atoms with Crippen LogP contribution in [0, 0.1) is 0 Å². The number of hydrogen-bond donors (Lipinski definition) is 2. The third-order valence-corrected chi connectivity index (χ3v) is 6.26. The molecule has 9 heteroatoms. The van der Waals surface area contributed by atoms with Gasteiger partial charge in [0.25, 0.3) is 5.91 Å². The summed E-state index contributed by atoms with van der Waals surface area (Å²) < 4.78 is 6.09. The van der Waals surface area contributed by atoms with Crippen LogP contribution in [-0.2, 0) is 4.79 Å². The highest BCUT2D eigenvalue weighted by atomic mass is 35.5. The van der Waals surface area contributed by atoms with Crippen molar-refractivity contribution in [3.05, 3.63) is 69.2 Å². The van der Waals surface area contributed by atoms with Crippen molar-refractivity contribution < 1.29 is 14.3 Å². The molecule has 0 spiro atoms. The molecule has 3 amide bonds. The summed E-state index contributed by atoms with van der Waals surface area (Å²) in [6.45, 7) is 11.7. The molecule has 2 aliphatic heterocycles. The van der Waals surface area contributed by atoms with Crippen molar-refractivity contribution in [1.82, 2.24) is 10.2 Å². The van der Waals surface area contributed by atoms with Crippen molar-refractivity contribution >= 4 is 40.8 Å². The highest BCUT2D eigenvalue weighted by Crippen LogP contribution is 2.41. The van der Waals surface area contributed by atoms with Crippen molar-refractivity contribution in [2.45, 2.75) is 53.0 Å². The molecule has 0 aromatic heterocycles. The molecule has 1 aromatic rings. The van der Waals surface area contributed by atoms with Crippen LogP contribution in [-0.4, -0.2) is 22.9 Å². The second-order valence-corrected chi connectivity index (χ2v) is 9.01.